The summed E-state index contributed by atoms with van der Waals surface area (Å²) in [4.78, 5) is 2.44. The van der Waals surface area contributed by atoms with Crippen LogP contribution in [0, 0.1) is 0 Å². The number of likely N-dealkylation sites (tertiary alicyclic amines) is 1. The average molecular weight is 385 g/mol. The third-order valence-electron chi connectivity index (χ3n) is 5.10. The number of benzene rings is 2. The molecular formula is C23H32N2O3. The molecule has 1 saturated heterocycles. The quantitative estimate of drug-likeness (QED) is 0.634. The van der Waals surface area contributed by atoms with Crippen LogP contribution >= 0.6 is 0 Å². The lowest BCUT2D eigenvalue weighted by Crippen LogP contribution is -2.51. The third kappa shape index (κ3) is 5.32. The van der Waals surface area contributed by atoms with Crippen molar-refractivity contribution in [3.05, 3.63) is 48.5 Å². The molecule has 0 saturated carbocycles. The van der Waals surface area contributed by atoms with Gasteiger partial charge in [-0.25, -0.2) is 0 Å². The van der Waals surface area contributed by atoms with Gasteiger partial charge >= 0.3 is 0 Å². The second-order valence-corrected chi connectivity index (χ2v) is 7.13. The largest absolute Gasteiger partial charge is 0.490 e. The van der Waals surface area contributed by atoms with E-state index >= 15 is 0 Å². The van der Waals surface area contributed by atoms with Gasteiger partial charge in [0.1, 0.15) is 12.4 Å². The Morgan fingerprint density at radius 1 is 1.04 bits per heavy atom. The molecule has 28 heavy (non-hydrogen) atoms. The monoisotopic (exact) mass is 384 g/mol. The molecule has 0 bridgehead atoms. The van der Waals surface area contributed by atoms with E-state index in [1.165, 1.54) is 12.8 Å². The van der Waals surface area contributed by atoms with Crippen LogP contribution < -0.4 is 19.9 Å². The third-order valence-corrected chi connectivity index (χ3v) is 5.10. The minimum absolute atomic E-state index is 0.0119. The number of nitrogens with zero attached hydrogens (tertiary/aromatic N) is 1. The molecule has 3 rings (SSSR count). The first-order valence-electron chi connectivity index (χ1n) is 10.3. The first kappa shape index (κ1) is 20.3. The van der Waals surface area contributed by atoms with Gasteiger partial charge in [-0.15, -0.1) is 0 Å². The Balaban J connectivity index is 1.67. The Morgan fingerprint density at radius 3 is 2.54 bits per heavy atom. The van der Waals surface area contributed by atoms with Crippen LogP contribution in [0.3, 0.4) is 0 Å². The summed E-state index contributed by atoms with van der Waals surface area (Å²) in [6.45, 7) is 6.41. The highest BCUT2D eigenvalue weighted by Gasteiger charge is 2.30. The lowest BCUT2D eigenvalue weighted by molar-refractivity contribution is -0.0376. The molecule has 0 aromatic heterocycles. The van der Waals surface area contributed by atoms with Gasteiger partial charge in [-0.2, -0.15) is 0 Å². The van der Waals surface area contributed by atoms with E-state index in [4.69, 9.17) is 19.9 Å². The van der Waals surface area contributed by atoms with Gasteiger partial charge in [0.15, 0.2) is 17.7 Å². The molecule has 2 unspecified atom stereocenters. The first-order valence-corrected chi connectivity index (χ1v) is 10.3. The normalized spacial score (nSPS) is 18.4. The van der Waals surface area contributed by atoms with Crippen molar-refractivity contribution >= 4 is 5.69 Å². The number of piperidine rings is 1. The molecule has 1 heterocycles. The number of nitrogen functional groups attached to an aromatic ring is 1. The maximum absolute atomic E-state index is 6.29. The van der Waals surface area contributed by atoms with E-state index in [2.05, 4.69) is 11.8 Å². The van der Waals surface area contributed by atoms with Crippen molar-refractivity contribution in [2.75, 3.05) is 25.5 Å². The van der Waals surface area contributed by atoms with Crippen LogP contribution in [0.2, 0.25) is 0 Å². The fourth-order valence-corrected chi connectivity index (χ4v) is 3.74. The maximum Gasteiger partial charge on any atom is 0.161 e. The summed E-state index contributed by atoms with van der Waals surface area (Å²) in [5.41, 5.74) is 6.63. The van der Waals surface area contributed by atoms with Gasteiger partial charge in [-0.05, 0) is 50.5 Å². The average Bonchev–Trinajstić information content (AvgIpc) is 2.72. The molecule has 1 aliphatic rings. The van der Waals surface area contributed by atoms with E-state index in [0.717, 1.165) is 42.3 Å². The van der Waals surface area contributed by atoms with Gasteiger partial charge in [0, 0.05) is 24.3 Å². The Bertz CT molecular complexity index is 737. The van der Waals surface area contributed by atoms with Crippen molar-refractivity contribution in [1.82, 2.24) is 4.90 Å². The van der Waals surface area contributed by atoms with Gasteiger partial charge in [-0.1, -0.05) is 31.5 Å². The molecule has 2 aromatic carbocycles. The summed E-state index contributed by atoms with van der Waals surface area (Å²) in [6, 6.07) is 15.8. The van der Waals surface area contributed by atoms with E-state index in [-0.39, 0.29) is 6.23 Å². The van der Waals surface area contributed by atoms with E-state index in [1.807, 2.05) is 55.5 Å². The van der Waals surface area contributed by atoms with Gasteiger partial charge in [-0.3, -0.25) is 4.90 Å². The molecule has 152 valence electrons. The molecule has 2 atom stereocenters. The highest BCUT2D eigenvalue weighted by atomic mass is 16.5. The number of ether oxygens (including phenoxy) is 3. The predicted octanol–water partition coefficient (Wildman–Crippen LogP) is 4.72. The van der Waals surface area contributed by atoms with Crippen LogP contribution in [0.25, 0.3) is 0 Å². The molecule has 1 fully saturated rings. The van der Waals surface area contributed by atoms with Crippen molar-refractivity contribution in [2.45, 2.75) is 51.8 Å². The number of nitrogens with two attached hydrogens (primary N) is 1. The van der Waals surface area contributed by atoms with Crippen molar-refractivity contribution < 1.29 is 14.2 Å². The Labute approximate surface area is 168 Å². The van der Waals surface area contributed by atoms with Crippen molar-refractivity contribution in [3.8, 4) is 17.2 Å². The Morgan fingerprint density at radius 2 is 1.82 bits per heavy atom. The zero-order chi connectivity index (χ0) is 19.8. The van der Waals surface area contributed by atoms with Crippen molar-refractivity contribution in [2.24, 2.45) is 0 Å². The molecule has 0 radical (unpaired) electrons. The second kappa shape index (κ2) is 10.2. The van der Waals surface area contributed by atoms with Crippen LogP contribution in [0.15, 0.2) is 48.5 Å². The summed E-state index contributed by atoms with van der Waals surface area (Å²) in [6.07, 6.45) is 4.42. The van der Waals surface area contributed by atoms with Crippen molar-refractivity contribution in [3.63, 3.8) is 0 Å². The number of hydrogen-bond donors (Lipinski definition) is 1. The lowest BCUT2D eigenvalue weighted by Gasteiger charge is -2.40. The zero-order valence-electron chi connectivity index (χ0n) is 17.0. The fourth-order valence-electron chi connectivity index (χ4n) is 3.74. The van der Waals surface area contributed by atoms with E-state index in [9.17, 15) is 0 Å². The first-order chi connectivity index (χ1) is 13.7. The van der Waals surface area contributed by atoms with Crippen LogP contribution in [0.5, 0.6) is 17.2 Å². The fraction of sp³-hybridized carbons (Fsp3) is 0.478. The van der Waals surface area contributed by atoms with E-state index < -0.39 is 0 Å². The highest BCUT2D eigenvalue weighted by Crippen LogP contribution is 2.29. The lowest BCUT2D eigenvalue weighted by atomic mass is 10.0. The van der Waals surface area contributed by atoms with Gasteiger partial charge < -0.3 is 19.9 Å². The zero-order valence-corrected chi connectivity index (χ0v) is 17.0. The van der Waals surface area contributed by atoms with Crippen molar-refractivity contribution in [1.29, 1.82) is 0 Å². The summed E-state index contributed by atoms with van der Waals surface area (Å²) in [5, 5.41) is 0. The van der Waals surface area contributed by atoms with Gasteiger partial charge in [0.2, 0.25) is 0 Å². The SMILES string of the molecule is CCOc1ccccc1OCC1CCCCN1C(CC)Oc1cccc(N)c1. The van der Waals surface area contributed by atoms with E-state index in [1.54, 1.807) is 0 Å². The van der Waals surface area contributed by atoms with Crippen LogP contribution in [0.4, 0.5) is 5.69 Å². The molecule has 0 aliphatic carbocycles. The Hall–Kier alpha value is -2.40. The predicted molar refractivity (Wildman–Crippen MR) is 113 cm³/mol. The number of hydrogen-bond acceptors (Lipinski definition) is 5. The molecular weight excluding hydrogens is 352 g/mol. The number of rotatable bonds is 9. The molecule has 0 amide bonds. The summed E-state index contributed by atoms with van der Waals surface area (Å²) in [7, 11) is 0. The van der Waals surface area contributed by atoms with Crippen LogP contribution in [-0.4, -0.2) is 36.9 Å². The standard InChI is InChI=1S/C23H32N2O3/c1-3-23(28-20-12-9-10-18(24)16-20)25-15-8-7-11-19(25)17-27-22-14-6-5-13-21(22)26-4-2/h5-6,9-10,12-14,16,19,23H,3-4,7-8,11,15,17,24H2,1-2H3. The second-order valence-electron chi connectivity index (χ2n) is 7.13. The number of anilines is 1. The van der Waals surface area contributed by atoms with E-state index in [0.29, 0.717) is 19.3 Å². The topological polar surface area (TPSA) is 57.0 Å². The minimum atomic E-state index is 0.0119. The summed E-state index contributed by atoms with van der Waals surface area (Å²) < 4.78 is 18.2. The van der Waals surface area contributed by atoms with Gasteiger partial charge in [0.25, 0.3) is 0 Å². The minimum Gasteiger partial charge on any atom is -0.490 e. The molecule has 2 aromatic rings. The van der Waals surface area contributed by atoms with Gasteiger partial charge in [0.05, 0.1) is 6.61 Å². The molecule has 2 N–H and O–H groups in total. The molecule has 1 aliphatic heterocycles. The molecule has 5 heteroatoms. The molecule has 0 spiro atoms. The highest BCUT2D eigenvalue weighted by molar-refractivity contribution is 5.43. The summed E-state index contributed by atoms with van der Waals surface area (Å²) in [5.74, 6) is 2.42. The molecule has 5 nitrogen and oxygen atoms in total. The maximum atomic E-state index is 6.29. The van der Waals surface area contributed by atoms with Crippen LogP contribution in [0.1, 0.15) is 39.5 Å². The van der Waals surface area contributed by atoms with Crippen LogP contribution in [-0.2, 0) is 0 Å². The Kier molecular flexibility index (Phi) is 7.43. The summed E-state index contributed by atoms with van der Waals surface area (Å²) >= 11 is 0. The smallest absolute Gasteiger partial charge is 0.161 e. The number of para-hydroxylation sites is 2.